The van der Waals surface area contributed by atoms with Crippen LogP contribution in [-0.2, 0) is 25.7 Å². The average molecular weight is 454 g/mol. The maximum atomic E-state index is 12.2. The van der Waals surface area contributed by atoms with Crippen LogP contribution in [0.4, 0.5) is 0 Å². The Labute approximate surface area is 193 Å². The van der Waals surface area contributed by atoms with E-state index in [-0.39, 0.29) is 5.71 Å². The van der Waals surface area contributed by atoms with Gasteiger partial charge in [0.15, 0.2) is 11.8 Å². The smallest absolute Gasteiger partial charge is 0.346 e. The van der Waals surface area contributed by atoms with Crippen molar-refractivity contribution in [3.63, 3.8) is 0 Å². The molecule has 0 aliphatic carbocycles. The quantitative estimate of drug-likeness (QED) is 0.317. The van der Waals surface area contributed by atoms with E-state index >= 15 is 0 Å². The molecule has 1 aromatic heterocycles. The summed E-state index contributed by atoms with van der Waals surface area (Å²) in [5.74, 6) is -0.843. The van der Waals surface area contributed by atoms with Crippen LogP contribution < -0.4 is 10.5 Å². The third-order valence-corrected chi connectivity index (χ3v) is 4.98. The number of rotatable bonds is 8. The van der Waals surface area contributed by atoms with Gasteiger partial charge in [0.2, 0.25) is 0 Å². The SMILES string of the molecule is CC.CO/N=C(/C(N)=O)c1c(C)n(Cc2ccccc2)c2cccc(OC(C)C(=O)OC)c12. The standard InChI is InChI=1S/C23H25N3O5.C2H6/c1-14-19(21(22(24)27)25-30-4)20-17(26(14)13-16-9-6-5-7-10-16)11-8-12-18(20)31-15(2)23(28)29-3;1-2/h5-12,15H,13H2,1-4H3,(H2,24,27);1-2H3/b25-21+;. The zero-order valence-electron chi connectivity index (χ0n) is 19.9. The maximum absolute atomic E-state index is 12.2. The molecule has 0 saturated carbocycles. The Bertz CT molecular complexity index is 1140. The van der Waals surface area contributed by atoms with Crippen LogP contribution in [0.2, 0.25) is 0 Å². The minimum absolute atomic E-state index is 0.0291. The zero-order valence-corrected chi connectivity index (χ0v) is 19.9. The van der Waals surface area contributed by atoms with E-state index in [4.69, 9.17) is 20.0 Å². The Morgan fingerprint density at radius 3 is 2.30 bits per heavy atom. The van der Waals surface area contributed by atoms with E-state index < -0.39 is 18.0 Å². The maximum Gasteiger partial charge on any atom is 0.346 e. The van der Waals surface area contributed by atoms with Gasteiger partial charge in [-0.3, -0.25) is 4.79 Å². The first kappa shape index (κ1) is 25.5. The number of benzene rings is 2. The molecule has 1 unspecified atom stereocenters. The number of primary amides is 1. The molecule has 8 nitrogen and oxygen atoms in total. The van der Waals surface area contributed by atoms with Crippen molar-refractivity contribution in [1.29, 1.82) is 0 Å². The van der Waals surface area contributed by atoms with Crippen molar-refractivity contribution in [2.24, 2.45) is 10.9 Å². The Balaban J connectivity index is 0.00000187. The highest BCUT2D eigenvalue weighted by Gasteiger charge is 2.27. The molecule has 0 bridgehead atoms. The van der Waals surface area contributed by atoms with E-state index in [1.807, 2.05) is 67.8 Å². The number of oxime groups is 1. The van der Waals surface area contributed by atoms with Crippen LogP contribution in [0.5, 0.6) is 5.75 Å². The van der Waals surface area contributed by atoms with Crippen LogP contribution in [0.15, 0.2) is 53.7 Å². The number of hydrogen-bond donors (Lipinski definition) is 1. The largest absolute Gasteiger partial charge is 0.478 e. The van der Waals surface area contributed by atoms with Crippen molar-refractivity contribution < 1.29 is 23.9 Å². The van der Waals surface area contributed by atoms with Gasteiger partial charge >= 0.3 is 5.97 Å². The predicted molar refractivity (Wildman–Crippen MR) is 128 cm³/mol. The minimum Gasteiger partial charge on any atom is -0.478 e. The first-order valence-electron chi connectivity index (χ1n) is 10.7. The summed E-state index contributed by atoms with van der Waals surface area (Å²) in [7, 11) is 2.64. The molecule has 0 spiro atoms. The molecule has 176 valence electrons. The Morgan fingerprint density at radius 1 is 1.06 bits per heavy atom. The topological polar surface area (TPSA) is 105 Å². The number of methoxy groups -OCH3 is 1. The number of amides is 1. The highest BCUT2D eigenvalue weighted by atomic mass is 16.6. The molecule has 3 rings (SSSR count). The van der Waals surface area contributed by atoms with Gasteiger partial charge in [0.1, 0.15) is 12.9 Å². The lowest BCUT2D eigenvalue weighted by molar-refractivity contribution is -0.147. The van der Waals surface area contributed by atoms with Crippen LogP contribution in [0.25, 0.3) is 10.9 Å². The van der Waals surface area contributed by atoms with E-state index in [1.165, 1.54) is 14.2 Å². The van der Waals surface area contributed by atoms with E-state index in [0.29, 0.717) is 23.2 Å². The van der Waals surface area contributed by atoms with Crippen molar-refractivity contribution in [2.75, 3.05) is 14.2 Å². The number of aromatic nitrogens is 1. The molecule has 1 amide bonds. The number of carbonyl (C=O) groups excluding carboxylic acids is 2. The first-order valence-corrected chi connectivity index (χ1v) is 10.7. The fourth-order valence-corrected chi connectivity index (χ4v) is 3.56. The molecule has 2 N–H and O–H groups in total. The van der Waals surface area contributed by atoms with Crippen molar-refractivity contribution in [1.82, 2.24) is 4.57 Å². The molecule has 0 fully saturated rings. The summed E-state index contributed by atoms with van der Waals surface area (Å²) in [4.78, 5) is 29.0. The van der Waals surface area contributed by atoms with Gasteiger partial charge in [-0.2, -0.15) is 0 Å². The van der Waals surface area contributed by atoms with Crippen LogP contribution in [-0.4, -0.2) is 42.5 Å². The molecule has 8 heteroatoms. The van der Waals surface area contributed by atoms with Gasteiger partial charge in [0.05, 0.1) is 18.0 Å². The lowest BCUT2D eigenvalue weighted by Crippen LogP contribution is -2.26. The molecule has 3 aromatic rings. The molecule has 0 saturated heterocycles. The van der Waals surface area contributed by atoms with Gasteiger partial charge in [-0.1, -0.05) is 55.4 Å². The lowest BCUT2D eigenvalue weighted by Gasteiger charge is -2.14. The minimum atomic E-state index is -0.849. The lowest BCUT2D eigenvalue weighted by atomic mass is 10.0. The van der Waals surface area contributed by atoms with E-state index in [9.17, 15) is 9.59 Å². The molecule has 0 aliphatic heterocycles. The summed E-state index contributed by atoms with van der Waals surface area (Å²) in [6.45, 7) is 8.02. The van der Waals surface area contributed by atoms with Gasteiger partial charge in [0, 0.05) is 17.8 Å². The number of nitrogens with two attached hydrogens (primary N) is 1. The molecule has 1 atom stereocenters. The number of esters is 1. The Hall–Kier alpha value is -3.81. The van der Waals surface area contributed by atoms with Crippen LogP contribution in [0.3, 0.4) is 0 Å². The summed E-state index contributed by atoms with van der Waals surface area (Å²) in [6, 6.07) is 15.4. The van der Waals surface area contributed by atoms with E-state index in [2.05, 4.69) is 5.16 Å². The van der Waals surface area contributed by atoms with Crippen molar-refractivity contribution in [3.05, 3.63) is 65.4 Å². The second-order valence-corrected chi connectivity index (χ2v) is 6.95. The number of fused-ring (bicyclic) bond motifs is 1. The van der Waals surface area contributed by atoms with Crippen LogP contribution >= 0.6 is 0 Å². The fraction of sp³-hybridized carbons (Fsp3) is 0.320. The van der Waals surface area contributed by atoms with E-state index in [1.54, 1.807) is 13.0 Å². The second kappa shape index (κ2) is 11.7. The molecule has 1 heterocycles. The third-order valence-electron chi connectivity index (χ3n) is 4.98. The molecular weight excluding hydrogens is 422 g/mol. The van der Waals surface area contributed by atoms with Crippen molar-refractivity contribution >= 4 is 28.5 Å². The Kier molecular flexibility index (Phi) is 9.03. The normalized spacial score (nSPS) is 11.9. The number of ether oxygens (including phenoxy) is 2. The molecule has 0 aliphatic rings. The third kappa shape index (κ3) is 5.52. The van der Waals surface area contributed by atoms with E-state index in [0.717, 1.165) is 16.8 Å². The van der Waals surface area contributed by atoms with Gasteiger partial charge in [0.25, 0.3) is 5.91 Å². The molecule has 0 radical (unpaired) electrons. The average Bonchev–Trinajstić information content (AvgIpc) is 3.10. The summed E-state index contributed by atoms with van der Waals surface area (Å²) < 4.78 is 12.7. The second-order valence-electron chi connectivity index (χ2n) is 6.95. The monoisotopic (exact) mass is 453 g/mol. The van der Waals surface area contributed by atoms with Gasteiger partial charge in [-0.25, -0.2) is 4.79 Å². The number of hydrogen-bond acceptors (Lipinski definition) is 6. The summed E-state index contributed by atoms with van der Waals surface area (Å²) in [6.07, 6.45) is -0.849. The van der Waals surface area contributed by atoms with Gasteiger partial charge in [-0.15, -0.1) is 0 Å². The number of carbonyl (C=O) groups is 2. The van der Waals surface area contributed by atoms with Crippen LogP contribution in [0.1, 0.15) is 37.6 Å². The van der Waals surface area contributed by atoms with Crippen LogP contribution in [0, 0.1) is 6.92 Å². The van der Waals surface area contributed by atoms with Gasteiger partial charge < -0.3 is 24.6 Å². The first-order chi connectivity index (χ1) is 15.9. The zero-order chi connectivity index (χ0) is 24.5. The summed E-state index contributed by atoms with van der Waals surface area (Å²) >= 11 is 0. The van der Waals surface area contributed by atoms with Gasteiger partial charge in [-0.05, 0) is 31.5 Å². The van der Waals surface area contributed by atoms with Crippen molar-refractivity contribution in [2.45, 2.75) is 40.3 Å². The highest BCUT2D eigenvalue weighted by Crippen LogP contribution is 2.35. The predicted octanol–water partition coefficient (Wildman–Crippen LogP) is 3.80. The molecule has 2 aromatic carbocycles. The summed E-state index contributed by atoms with van der Waals surface area (Å²) in [5, 5.41) is 4.49. The summed E-state index contributed by atoms with van der Waals surface area (Å²) in [5.41, 5.74) is 8.73. The van der Waals surface area contributed by atoms with Crippen molar-refractivity contribution in [3.8, 4) is 5.75 Å². The number of nitrogens with zero attached hydrogens (tertiary/aromatic N) is 2. The molecular formula is C25H31N3O5. The fourth-order valence-electron chi connectivity index (χ4n) is 3.56. The molecule has 33 heavy (non-hydrogen) atoms. The Morgan fingerprint density at radius 2 is 1.73 bits per heavy atom. The highest BCUT2D eigenvalue weighted by molar-refractivity contribution is 6.47.